The van der Waals surface area contributed by atoms with Crippen LogP contribution in [0.2, 0.25) is 0 Å². The Bertz CT molecular complexity index is 483. The monoisotopic (exact) mass is 278 g/mol. The number of thiocarbonyl (C=S) groups is 1. The molecule has 0 radical (unpaired) electrons. The second-order valence-corrected chi connectivity index (χ2v) is 5.75. The number of anilines is 1. The minimum absolute atomic E-state index is 0.414. The highest BCUT2D eigenvalue weighted by Gasteiger charge is 2.24. The van der Waals surface area contributed by atoms with Gasteiger partial charge in [0.05, 0.1) is 11.3 Å². The molecule has 4 nitrogen and oxygen atoms in total. The van der Waals surface area contributed by atoms with Crippen molar-refractivity contribution in [3.05, 3.63) is 16.8 Å². The van der Waals surface area contributed by atoms with Crippen molar-refractivity contribution in [3.8, 4) is 0 Å². The van der Waals surface area contributed by atoms with Gasteiger partial charge in [-0.3, -0.25) is 0 Å². The SMILES string of the molecule is CCN(CC1CCC1)c1nnc(C)c(C)c1C(N)=S. The van der Waals surface area contributed by atoms with Gasteiger partial charge in [0.25, 0.3) is 0 Å². The lowest BCUT2D eigenvalue weighted by atomic mass is 9.85. The van der Waals surface area contributed by atoms with E-state index >= 15 is 0 Å². The number of nitrogens with zero attached hydrogens (tertiary/aromatic N) is 3. The Morgan fingerprint density at radius 3 is 2.53 bits per heavy atom. The van der Waals surface area contributed by atoms with Crippen LogP contribution in [0, 0.1) is 19.8 Å². The van der Waals surface area contributed by atoms with Crippen LogP contribution in [0.1, 0.15) is 43.0 Å². The molecule has 0 aromatic carbocycles. The number of rotatable bonds is 5. The number of hydrogen-bond acceptors (Lipinski definition) is 4. The Kier molecular flexibility index (Phi) is 4.34. The first-order chi connectivity index (χ1) is 9.04. The molecular weight excluding hydrogens is 256 g/mol. The Balaban J connectivity index is 2.35. The van der Waals surface area contributed by atoms with E-state index in [0.29, 0.717) is 4.99 Å². The van der Waals surface area contributed by atoms with Crippen LogP contribution in [0.4, 0.5) is 5.82 Å². The first-order valence-electron chi connectivity index (χ1n) is 6.93. The summed E-state index contributed by atoms with van der Waals surface area (Å²) in [6.45, 7) is 8.03. The van der Waals surface area contributed by atoms with Gasteiger partial charge in [-0.2, -0.15) is 5.10 Å². The molecule has 0 aliphatic heterocycles. The average Bonchev–Trinajstić information content (AvgIpc) is 2.31. The molecule has 2 N–H and O–H groups in total. The second kappa shape index (κ2) is 5.82. The molecule has 104 valence electrons. The molecule has 0 spiro atoms. The van der Waals surface area contributed by atoms with Gasteiger partial charge in [-0.25, -0.2) is 0 Å². The lowest BCUT2D eigenvalue weighted by Crippen LogP contribution is -2.35. The molecule has 0 saturated heterocycles. The predicted octanol–water partition coefficient (Wildman–Crippen LogP) is 2.35. The molecule has 0 atom stereocenters. The summed E-state index contributed by atoms with van der Waals surface area (Å²) in [5.74, 6) is 1.63. The van der Waals surface area contributed by atoms with Crippen LogP contribution in [0.25, 0.3) is 0 Å². The summed E-state index contributed by atoms with van der Waals surface area (Å²) in [4.78, 5) is 2.68. The van der Waals surface area contributed by atoms with Crippen LogP contribution in [-0.2, 0) is 0 Å². The predicted molar refractivity (Wildman–Crippen MR) is 82.6 cm³/mol. The summed E-state index contributed by atoms with van der Waals surface area (Å²) in [6, 6.07) is 0. The molecule has 1 saturated carbocycles. The van der Waals surface area contributed by atoms with Crippen LogP contribution >= 0.6 is 12.2 Å². The van der Waals surface area contributed by atoms with E-state index in [2.05, 4.69) is 22.0 Å². The quantitative estimate of drug-likeness (QED) is 0.838. The van der Waals surface area contributed by atoms with Crippen molar-refractivity contribution >= 4 is 23.0 Å². The minimum Gasteiger partial charge on any atom is -0.389 e. The van der Waals surface area contributed by atoms with Gasteiger partial charge in [-0.05, 0) is 45.1 Å². The molecule has 0 bridgehead atoms. The molecule has 0 unspecified atom stereocenters. The topological polar surface area (TPSA) is 55.0 Å². The summed E-state index contributed by atoms with van der Waals surface area (Å²) >= 11 is 5.20. The zero-order valence-corrected chi connectivity index (χ0v) is 12.8. The summed E-state index contributed by atoms with van der Waals surface area (Å²) in [5.41, 5.74) is 8.72. The fourth-order valence-electron chi connectivity index (χ4n) is 2.46. The van der Waals surface area contributed by atoms with E-state index in [1.54, 1.807) is 0 Å². The number of aromatic nitrogens is 2. The van der Waals surface area contributed by atoms with E-state index in [1.807, 2.05) is 13.8 Å². The second-order valence-electron chi connectivity index (χ2n) is 5.31. The maximum absolute atomic E-state index is 5.89. The van der Waals surface area contributed by atoms with Crippen LogP contribution in [0.15, 0.2) is 0 Å². The van der Waals surface area contributed by atoms with E-state index < -0.39 is 0 Å². The van der Waals surface area contributed by atoms with E-state index in [-0.39, 0.29) is 0 Å². The maximum Gasteiger partial charge on any atom is 0.161 e. The summed E-state index contributed by atoms with van der Waals surface area (Å²) in [6.07, 6.45) is 3.98. The third kappa shape index (κ3) is 2.86. The Morgan fingerprint density at radius 2 is 2.05 bits per heavy atom. The normalized spacial score (nSPS) is 15.1. The van der Waals surface area contributed by atoms with E-state index in [0.717, 1.165) is 41.6 Å². The first-order valence-corrected chi connectivity index (χ1v) is 7.34. The van der Waals surface area contributed by atoms with Gasteiger partial charge >= 0.3 is 0 Å². The first kappa shape index (κ1) is 14.2. The summed E-state index contributed by atoms with van der Waals surface area (Å²) in [5, 5.41) is 8.59. The van der Waals surface area contributed by atoms with E-state index in [9.17, 15) is 0 Å². The van der Waals surface area contributed by atoms with Crippen LogP contribution in [0.5, 0.6) is 0 Å². The minimum atomic E-state index is 0.414. The van der Waals surface area contributed by atoms with Crippen molar-refractivity contribution in [1.82, 2.24) is 10.2 Å². The molecule has 1 aromatic heterocycles. The van der Waals surface area contributed by atoms with Crippen molar-refractivity contribution in [3.63, 3.8) is 0 Å². The van der Waals surface area contributed by atoms with Crippen molar-refractivity contribution in [2.75, 3.05) is 18.0 Å². The standard InChI is InChI=1S/C14H22N4S/c1-4-18(8-11-6-5-7-11)14-12(13(15)19)9(2)10(3)16-17-14/h11H,4-8H2,1-3H3,(H2,15,19). The van der Waals surface area contributed by atoms with Gasteiger partial charge in [-0.1, -0.05) is 18.6 Å². The molecule has 19 heavy (non-hydrogen) atoms. The molecule has 5 heteroatoms. The van der Waals surface area contributed by atoms with Gasteiger partial charge in [-0.15, -0.1) is 5.10 Å². The molecule has 1 aromatic rings. The van der Waals surface area contributed by atoms with Gasteiger partial charge < -0.3 is 10.6 Å². The fraction of sp³-hybridized carbons (Fsp3) is 0.643. The fourth-order valence-corrected chi connectivity index (χ4v) is 2.71. The van der Waals surface area contributed by atoms with Gasteiger partial charge in [0.15, 0.2) is 5.82 Å². The lowest BCUT2D eigenvalue weighted by Gasteiger charge is -2.33. The summed E-state index contributed by atoms with van der Waals surface area (Å²) in [7, 11) is 0. The third-order valence-electron chi connectivity index (χ3n) is 4.07. The van der Waals surface area contributed by atoms with Gasteiger partial charge in [0.2, 0.25) is 0 Å². The molecular formula is C14H22N4S. The summed E-state index contributed by atoms with van der Waals surface area (Å²) < 4.78 is 0. The largest absolute Gasteiger partial charge is 0.389 e. The van der Waals surface area contributed by atoms with Crippen LogP contribution < -0.4 is 10.6 Å². The highest BCUT2D eigenvalue weighted by Crippen LogP contribution is 2.30. The van der Waals surface area contributed by atoms with E-state index in [1.165, 1.54) is 19.3 Å². The smallest absolute Gasteiger partial charge is 0.161 e. The number of nitrogens with two attached hydrogens (primary N) is 1. The molecule has 1 aliphatic carbocycles. The Hall–Kier alpha value is -1.23. The average molecular weight is 278 g/mol. The van der Waals surface area contributed by atoms with Crippen molar-refractivity contribution in [1.29, 1.82) is 0 Å². The highest BCUT2D eigenvalue weighted by atomic mass is 32.1. The van der Waals surface area contributed by atoms with Crippen LogP contribution in [0.3, 0.4) is 0 Å². The maximum atomic E-state index is 5.89. The molecule has 1 fully saturated rings. The lowest BCUT2D eigenvalue weighted by molar-refractivity contribution is 0.318. The van der Waals surface area contributed by atoms with Crippen molar-refractivity contribution in [2.24, 2.45) is 11.7 Å². The van der Waals surface area contributed by atoms with Gasteiger partial charge in [0, 0.05) is 13.1 Å². The zero-order valence-electron chi connectivity index (χ0n) is 11.9. The third-order valence-corrected chi connectivity index (χ3v) is 4.27. The van der Waals surface area contributed by atoms with Crippen molar-refractivity contribution in [2.45, 2.75) is 40.0 Å². The number of hydrogen-bond donors (Lipinski definition) is 1. The van der Waals surface area contributed by atoms with Gasteiger partial charge in [0.1, 0.15) is 4.99 Å². The van der Waals surface area contributed by atoms with E-state index in [4.69, 9.17) is 18.0 Å². The molecule has 1 aliphatic rings. The Morgan fingerprint density at radius 1 is 1.37 bits per heavy atom. The molecule has 2 rings (SSSR count). The number of aryl methyl sites for hydroxylation is 1. The molecule has 0 amide bonds. The van der Waals surface area contributed by atoms with Crippen molar-refractivity contribution < 1.29 is 0 Å². The zero-order chi connectivity index (χ0) is 14.0. The molecule has 1 heterocycles. The Labute approximate surface area is 120 Å². The van der Waals surface area contributed by atoms with Crippen LogP contribution in [-0.4, -0.2) is 28.3 Å². The highest BCUT2D eigenvalue weighted by molar-refractivity contribution is 7.80.